The lowest BCUT2D eigenvalue weighted by Crippen LogP contribution is -2.47. The summed E-state index contributed by atoms with van der Waals surface area (Å²) in [6, 6.07) is 11.9. The molecule has 1 spiro atoms. The molecule has 0 bridgehead atoms. The summed E-state index contributed by atoms with van der Waals surface area (Å²) < 4.78 is 0. The van der Waals surface area contributed by atoms with Crippen molar-refractivity contribution in [2.45, 2.75) is 25.6 Å². The summed E-state index contributed by atoms with van der Waals surface area (Å²) in [5.41, 5.74) is 5.66. The van der Waals surface area contributed by atoms with E-state index in [1.807, 2.05) is 51.1 Å². The second-order valence-electron chi connectivity index (χ2n) is 6.46. The quantitative estimate of drug-likeness (QED) is 0.866. The minimum Gasteiger partial charge on any atom is -0.322 e. The average Bonchev–Trinajstić information content (AvgIpc) is 3.00. The molecule has 0 unspecified atom stereocenters. The number of nitrogens with one attached hydrogen (secondary N) is 1. The minimum atomic E-state index is -1.00. The summed E-state index contributed by atoms with van der Waals surface area (Å²) >= 11 is 1.40. The van der Waals surface area contributed by atoms with Crippen LogP contribution in [-0.2, 0) is 14.5 Å². The van der Waals surface area contributed by atoms with Crippen molar-refractivity contribution in [3.8, 4) is 0 Å². The van der Waals surface area contributed by atoms with Crippen LogP contribution in [0.1, 0.15) is 22.3 Å². The standard InChI is InChI=1S/C19H18N2O2S/c1-11-7-12(2)9-14(8-11)21-16(22)10-24-19(21)15-6-4-5-13(3)17(15)20-18(19)23/h4-9H,10H2,1-3H3,(H,20,23)/t19-/m0/s1. The van der Waals surface area contributed by atoms with E-state index in [0.29, 0.717) is 5.75 Å². The van der Waals surface area contributed by atoms with E-state index >= 15 is 0 Å². The first-order chi connectivity index (χ1) is 11.4. The SMILES string of the molecule is Cc1cc(C)cc(N2C(=O)CS[C@@]23C(=O)Nc2c(C)cccc23)c1. The maximum Gasteiger partial charge on any atom is 0.266 e. The molecule has 2 amide bonds. The lowest BCUT2D eigenvalue weighted by molar-refractivity contribution is -0.122. The Morgan fingerprint density at radius 2 is 1.79 bits per heavy atom. The Morgan fingerprint density at radius 1 is 1.08 bits per heavy atom. The molecule has 2 aliphatic heterocycles. The number of benzene rings is 2. The number of fused-ring (bicyclic) bond motifs is 2. The van der Waals surface area contributed by atoms with E-state index in [4.69, 9.17) is 0 Å². The van der Waals surface area contributed by atoms with E-state index < -0.39 is 4.87 Å². The summed E-state index contributed by atoms with van der Waals surface area (Å²) in [5.74, 6) is 0.129. The second-order valence-corrected chi connectivity index (χ2v) is 7.63. The largest absolute Gasteiger partial charge is 0.322 e. The smallest absolute Gasteiger partial charge is 0.266 e. The normalized spacial score (nSPS) is 22.2. The number of hydrogen-bond donors (Lipinski definition) is 1. The molecular weight excluding hydrogens is 320 g/mol. The van der Waals surface area contributed by atoms with Gasteiger partial charge in [-0.1, -0.05) is 24.3 Å². The van der Waals surface area contributed by atoms with Gasteiger partial charge in [0.25, 0.3) is 5.91 Å². The van der Waals surface area contributed by atoms with E-state index in [2.05, 4.69) is 11.4 Å². The Hall–Kier alpha value is -2.27. The molecule has 4 rings (SSSR count). The van der Waals surface area contributed by atoms with Crippen molar-refractivity contribution >= 4 is 35.0 Å². The molecular formula is C19H18N2O2S. The summed E-state index contributed by atoms with van der Waals surface area (Å²) in [4.78, 5) is 26.4. The zero-order chi connectivity index (χ0) is 17.1. The number of carbonyl (C=O) groups excluding carboxylic acids is 2. The molecule has 24 heavy (non-hydrogen) atoms. The van der Waals surface area contributed by atoms with Gasteiger partial charge in [-0.05, 0) is 49.6 Å². The van der Waals surface area contributed by atoms with E-state index in [9.17, 15) is 9.59 Å². The second kappa shape index (κ2) is 5.11. The Labute approximate surface area is 145 Å². The number of anilines is 2. The lowest BCUT2D eigenvalue weighted by atomic mass is 10.0. The van der Waals surface area contributed by atoms with Crippen molar-refractivity contribution in [2.75, 3.05) is 16.0 Å². The maximum absolute atomic E-state index is 13.0. The van der Waals surface area contributed by atoms with Crippen LogP contribution in [0, 0.1) is 20.8 Å². The van der Waals surface area contributed by atoms with Crippen LogP contribution in [0.15, 0.2) is 36.4 Å². The van der Waals surface area contributed by atoms with Crippen molar-refractivity contribution < 1.29 is 9.59 Å². The zero-order valence-corrected chi connectivity index (χ0v) is 14.7. The number of aryl methyl sites for hydroxylation is 3. The molecule has 0 saturated carbocycles. The molecule has 5 heteroatoms. The highest BCUT2D eigenvalue weighted by Crippen LogP contribution is 2.54. The maximum atomic E-state index is 13.0. The van der Waals surface area contributed by atoms with Gasteiger partial charge in [-0.15, -0.1) is 11.8 Å². The number of para-hydroxylation sites is 1. The van der Waals surface area contributed by atoms with Crippen LogP contribution < -0.4 is 10.2 Å². The highest BCUT2D eigenvalue weighted by molar-refractivity contribution is 8.02. The highest BCUT2D eigenvalue weighted by Gasteiger charge is 2.58. The van der Waals surface area contributed by atoms with E-state index in [0.717, 1.165) is 33.6 Å². The van der Waals surface area contributed by atoms with Crippen LogP contribution in [0.2, 0.25) is 0 Å². The molecule has 1 fully saturated rings. The van der Waals surface area contributed by atoms with Gasteiger partial charge in [0.15, 0.2) is 0 Å². The summed E-state index contributed by atoms with van der Waals surface area (Å²) in [6.07, 6.45) is 0. The number of nitrogens with zero attached hydrogens (tertiary/aromatic N) is 1. The first kappa shape index (κ1) is 15.3. The van der Waals surface area contributed by atoms with Crippen LogP contribution in [0.3, 0.4) is 0 Å². The predicted molar refractivity (Wildman–Crippen MR) is 97.3 cm³/mol. The molecule has 2 heterocycles. The Bertz CT molecular complexity index is 873. The molecule has 4 nitrogen and oxygen atoms in total. The molecule has 1 saturated heterocycles. The summed E-state index contributed by atoms with van der Waals surface area (Å²) in [6.45, 7) is 5.98. The molecule has 0 radical (unpaired) electrons. The van der Waals surface area contributed by atoms with Crippen LogP contribution in [0.5, 0.6) is 0 Å². The monoisotopic (exact) mass is 338 g/mol. The number of hydrogen-bond acceptors (Lipinski definition) is 3. The van der Waals surface area contributed by atoms with Crippen LogP contribution in [-0.4, -0.2) is 17.6 Å². The zero-order valence-electron chi connectivity index (χ0n) is 13.8. The molecule has 2 aliphatic rings. The minimum absolute atomic E-state index is 0.0329. The molecule has 1 atom stereocenters. The molecule has 2 aromatic rings. The van der Waals surface area contributed by atoms with Crippen molar-refractivity contribution in [2.24, 2.45) is 0 Å². The molecule has 0 aromatic heterocycles. The first-order valence-corrected chi connectivity index (χ1v) is 8.89. The lowest BCUT2D eigenvalue weighted by Gasteiger charge is -2.32. The fraction of sp³-hybridized carbons (Fsp3) is 0.263. The van der Waals surface area contributed by atoms with Crippen molar-refractivity contribution in [1.82, 2.24) is 0 Å². The van der Waals surface area contributed by atoms with Crippen molar-refractivity contribution in [1.29, 1.82) is 0 Å². The van der Waals surface area contributed by atoms with Gasteiger partial charge < -0.3 is 5.32 Å². The number of thioether (sulfide) groups is 1. The van der Waals surface area contributed by atoms with Gasteiger partial charge in [0.2, 0.25) is 10.8 Å². The molecule has 1 N–H and O–H groups in total. The van der Waals surface area contributed by atoms with Gasteiger partial charge in [-0.25, -0.2) is 0 Å². The average molecular weight is 338 g/mol. The van der Waals surface area contributed by atoms with E-state index in [-0.39, 0.29) is 11.8 Å². The van der Waals surface area contributed by atoms with Gasteiger partial charge in [-0.2, -0.15) is 0 Å². The summed E-state index contributed by atoms with van der Waals surface area (Å²) in [7, 11) is 0. The third-order valence-electron chi connectivity index (χ3n) is 4.62. The van der Waals surface area contributed by atoms with Gasteiger partial charge in [-0.3, -0.25) is 14.5 Å². The first-order valence-electron chi connectivity index (χ1n) is 7.90. The van der Waals surface area contributed by atoms with E-state index in [1.165, 1.54) is 11.8 Å². The highest BCUT2D eigenvalue weighted by atomic mass is 32.2. The fourth-order valence-electron chi connectivity index (χ4n) is 3.68. The Kier molecular flexibility index (Phi) is 3.25. The number of amides is 2. The number of carbonyl (C=O) groups is 2. The topological polar surface area (TPSA) is 49.4 Å². The van der Waals surface area contributed by atoms with Gasteiger partial charge in [0.1, 0.15) is 0 Å². The van der Waals surface area contributed by atoms with Gasteiger partial charge in [0.05, 0.1) is 11.4 Å². The van der Waals surface area contributed by atoms with Gasteiger partial charge >= 0.3 is 0 Å². The molecule has 2 aromatic carbocycles. The third kappa shape index (κ3) is 1.94. The summed E-state index contributed by atoms with van der Waals surface area (Å²) in [5, 5.41) is 2.99. The van der Waals surface area contributed by atoms with Crippen LogP contribution >= 0.6 is 11.8 Å². The van der Waals surface area contributed by atoms with E-state index in [1.54, 1.807) is 4.90 Å². The molecule has 122 valence electrons. The Morgan fingerprint density at radius 3 is 2.50 bits per heavy atom. The van der Waals surface area contributed by atoms with Crippen molar-refractivity contribution in [3.05, 3.63) is 58.7 Å². The fourth-order valence-corrected chi connectivity index (χ4v) is 4.98. The van der Waals surface area contributed by atoms with Crippen LogP contribution in [0.4, 0.5) is 11.4 Å². The van der Waals surface area contributed by atoms with Gasteiger partial charge in [0, 0.05) is 11.3 Å². The molecule has 0 aliphatic carbocycles. The predicted octanol–water partition coefficient (Wildman–Crippen LogP) is 3.50. The van der Waals surface area contributed by atoms with Crippen LogP contribution in [0.25, 0.3) is 0 Å². The Balaban J connectivity index is 1.96. The van der Waals surface area contributed by atoms with Crippen molar-refractivity contribution in [3.63, 3.8) is 0 Å². The third-order valence-corrected chi connectivity index (χ3v) is 6.01. The number of rotatable bonds is 1.